The molecule has 0 saturated carbocycles. The Labute approximate surface area is 116 Å². The minimum Gasteiger partial charge on any atom is -0.487 e. The topological polar surface area (TPSA) is 30.5 Å². The van der Waals surface area contributed by atoms with E-state index < -0.39 is 0 Å². The molecule has 1 saturated heterocycles. The van der Waals surface area contributed by atoms with E-state index in [0.29, 0.717) is 0 Å². The fourth-order valence-corrected chi connectivity index (χ4v) is 2.51. The molecule has 1 aliphatic rings. The molecule has 1 aromatic carbocycles. The van der Waals surface area contributed by atoms with Gasteiger partial charge in [0.25, 0.3) is 0 Å². The van der Waals surface area contributed by atoms with Gasteiger partial charge in [-0.1, -0.05) is 19.1 Å². The van der Waals surface area contributed by atoms with Gasteiger partial charge >= 0.3 is 0 Å². The first kappa shape index (κ1) is 14.4. The Morgan fingerprint density at radius 1 is 1.32 bits per heavy atom. The molecule has 106 valence electrons. The molecule has 1 atom stereocenters. The summed E-state index contributed by atoms with van der Waals surface area (Å²) in [4.78, 5) is 0. The van der Waals surface area contributed by atoms with Crippen LogP contribution in [0.2, 0.25) is 0 Å². The highest BCUT2D eigenvalue weighted by atomic mass is 16.5. The van der Waals surface area contributed by atoms with E-state index in [1.807, 2.05) is 0 Å². The molecule has 0 aromatic heterocycles. The van der Waals surface area contributed by atoms with E-state index >= 15 is 0 Å². The Morgan fingerprint density at radius 2 is 2.05 bits per heavy atom. The molecule has 0 amide bonds. The van der Waals surface area contributed by atoms with Gasteiger partial charge in [-0.3, -0.25) is 0 Å². The lowest BCUT2D eigenvalue weighted by molar-refractivity contribution is 0.140. The zero-order valence-electron chi connectivity index (χ0n) is 12.3. The number of rotatable bonds is 6. The summed E-state index contributed by atoms with van der Waals surface area (Å²) in [6.45, 7) is 9.98. The van der Waals surface area contributed by atoms with E-state index in [2.05, 4.69) is 38.2 Å². The maximum absolute atomic E-state index is 6.07. The molecule has 1 aromatic rings. The zero-order chi connectivity index (χ0) is 13.7. The minimum atomic E-state index is 0.224. The van der Waals surface area contributed by atoms with Gasteiger partial charge in [0.2, 0.25) is 0 Å². The lowest BCUT2D eigenvalue weighted by Crippen LogP contribution is -2.18. The first-order chi connectivity index (χ1) is 9.20. The fourth-order valence-electron chi connectivity index (χ4n) is 2.51. The van der Waals surface area contributed by atoms with Gasteiger partial charge < -0.3 is 14.8 Å². The van der Waals surface area contributed by atoms with Gasteiger partial charge in [0.1, 0.15) is 11.9 Å². The predicted octanol–water partition coefficient (Wildman–Crippen LogP) is 2.97. The van der Waals surface area contributed by atoms with E-state index in [4.69, 9.17) is 9.47 Å². The van der Waals surface area contributed by atoms with Crippen LogP contribution in [0.25, 0.3) is 0 Å². The van der Waals surface area contributed by atoms with Crippen LogP contribution in [-0.2, 0) is 11.3 Å². The molecular formula is C16H25NO2. The molecule has 3 heteroatoms. The van der Waals surface area contributed by atoms with Crippen LogP contribution >= 0.6 is 0 Å². The average Bonchev–Trinajstić information content (AvgIpc) is 2.87. The highest BCUT2D eigenvalue weighted by molar-refractivity contribution is 5.43. The van der Waals surface area contributed by atoms with E-state index in [1.165, 1.54) is 23.1 Å². The Bertz CT molecular complexity index is 388. The molecule has 2 rings (SSSR count). The molecule has 1 aliphatic heterocycles. The van der Waals surface area contributed by atoms with Crippen molar-refractivity contribution in [3.05, 3.63) is 28.8 Å². The van der Waals surface area contributed by atoms with Crippen LogP contribution in [0.1, 0.15) is 36.5 Å². The smallest absolute Gasteiger partial charge is 0.125 e. The summed E-state index contributed by atoms with van der Waals surface area (Å²) in [7, 11) is 0. The molecule has 1 N–H and O–H groups in total. The third-order valence-corrected chi connectivity index (χ3v) is 3.45. The normalized spacial score (nSPS) is 18.8. The van der Waals surface area contributed by atoms with Crippen LogP contribution in [0.5, 0.6) is 5.75 Å². The van der Waals surface area contributed by atoms with Gasteiger partial charge in [0.05, 0.1) is 13.2 Å². The summed E-state index contributed by atoms with van der Waals surface area (Å²) < 4.78 is 11.4. The number of ether oxygens (including phenoxy) is 2. The fraction of sp³-hybridized carbons (Fsp3) is 0.625. The first-order valence-electron chi connectivity index (χ1n) is 7.26. The van der Waals surface area contributed by atoms with Crippen LogP contribution in [0.4, 0.5) is 0 Å². The van der Waals surface area contributed by atoms with Gasteiger partial charge in [-0.15, -0.1) is 0 Å². The van der Waals surface area contributed by atoms with E-state index in [-0.39, 0.29) is 6.10 Å². The monoisotopic (exact) mass is 263 g/mol. The molecule has 1 heterocycles. The van der Waals surface area contributed by atoms with E-state index in [9.17, 15) is 0 Å². The Kier molecular flexibility index (Phi) is 5.23. The molecule has 1 unspecified atom stereocenters. The molecular weight excluding hydrogens is 238 g/mol. The summed E-state index contributed by atoms with van der Waals surface area (Å²) in [5, 5.41) is 3.44. The van der Waals surface area contributed by atoms with Crippen LogP contribution in [0.3, 0.4) is 0 Å². The quantitative estimate of drug-likeness (QED) is 0.800. The van der Waals surface area contributed by atoms with Crippen molar-refractivity contribution >= 4 is 0 Å². The lowest BCUT2D eigenvalue weighted by atomic mass is 10.1. The highest BCUT2D eigenvalue weighted by Crippen LogP contribution is 2.27. The third-order valence-electron chi connectivity index (χ3n) is 3.45. The SMILES string of the molecule is CCCNCc1cc(C)c(OC2CCOC2)c(C)c1. The van der Waals surface area contributed by atoms with Crippen molar-refractivity contribution in [1.29, 1.82) is 0 Å². The van der Waals surface area contributed by atoms with Gasteiger partial charge in [0.15, 0.2) is 0 Å². The average molecular weight is 263 g/mol. The Balaban J connectivity index is 2.03. The van der Waals surface area contributed by atoms with Crippen molar-refractivity contribution in [3.8, 4) is 5.75 Å². The second-order valence-corrected chi connectivity index (χ2v) is 5.34. The number of nitrogens with one attached hydrogen (secondary N) is 1. The Morgan fingerprint density at radius 3 is 2.63 bits per heavy atom. The molecule has 0 aliphatic carbocycles. The predicted molar refractivity (Wildman–Crippen MR) is 77.8 cm³/mol. The van der Waals surface area contributed by atoms with Crippen LogP contribution in [0, 0.1) is 13.8 Å². The largest absolute Gasteiger partial charge is 0.487 e. The molecule has 1 fully saturated rings. The zero-order valence-corrected chi connectivity index (χ0v) is 12.3. The summed E-state index contributed by atoms with van der Waals surface area (Å²) in [5.74, 6) is 1.04. The maximum atomic E-state index is 6.07. The standard InChI is InChI=1S/C16H25NO2/c1-4-6-17-10-14-8-12(2)16(13(3)9-14)19-15-5-7-18-11-15/h8-9,15,17H,4-7,10-11H2,1-3H3. The summed E-state index contributed by atoms with van der Waals surface area (Å²) in [5.41, 5.74) is 3.78. The maximum Gasteiger partial charge on any atom is 0.125 e. The van der Waals surface area contributed by atoms with Crippen molar-refractivity contribution in [1.82, 2.24) is 5.32 Å². The van der Waals surface area contributed by atoms with Crippen molar-refractivity contribution in [3.63, 3.8) is 0 Å². The number of hydrogen-bond donors (Lipinski definition) is 1. The molecule has 19 heavy (non-hydrogen) atoms. The van der Waals surface area contributed by atoms with Gasteiger partial charge in [-0.25, -0.2) is 0 Å². The van der Waals surface area contributed by atoms with Gasteiger partial charge in [-0.2, -0.15) is 0 Å². The summed E-state index contributed by atoms with van der Waals surface area (Å²) >= 11 is 0. The number of aryl methyl sites for hydroxylation is 2. The minimum absolute atomic E-state index is 0.224. The lowest BCUT2D eigenvalue weighted by Gasteiger charge is -2.18. The first-order valence-corrected chi connectivity index (χ1v) is 7.26. The van der Waals surface area contributed by atoms with E-state index in [0.717, 1.165) is 38.5 Å². The summed E-state index contributed by atoms with van der Waals surface area (Å²) in [6, 6.07) is 4.45. The second-order valence-electron chi connectivity index (χ2n) is 5.34. The number of benzene rings is 1. The molecule has 0 bridgehead atoms. The van der Waals surface area contributed by atoms with Crippen LogP contribution in [-0.4, -0.2) is 25.9 Å². The molecule has 0 radical (unpaired) electrons. The van der Waals surface area contributed by atoms with Crippen molar-refractivity contribution in [2.45, 2.75) is 46.3 Å². The van der Waals surface area contributed by atoms with E-state index in [1.54, 1.807) is 0 Å². The molecule has 0 spiro atoms. The van der Waals surface area contributed by atoms with Crippen molar-refractivity contribution < 1.29 is 9.47 Å². The number of hydrogen-bond acceptors (Lipinski definition) is 3. The highest BCUT2D eigenvalue weighted by Gasteiger charge is 2.19. The van der Waals surface area contributed by atoms with Crippen LogP contribution < -0.4 is 10.1 Å². The summed E-state index contributed by atoms with van der Waals surface area (Å²) in [6.07, 6.45) is 2.39. The van der Waals surface area contributed by atoms with Crippen molar-refractivity contribution in [2.75, 3.05) is 19.8 Å². The van der Waals surface area contributed by atoms with Gasteiger partial charge in [-0.05, 0) is 43.5 Å². The van der Waals surface area contributed by atoms with Gasteiger partial charge in [0, 0.05) is 13.0 Å². The van der Waals surface area contributed by atoms with Crippen molar-refractivity contribution in [2.24, 2.45) is 0 Å². The third kappa shape index (κ3) is 3.95. The molecule has 3 nitrogen and oxygen atoms in total. The second kappa shape index (κ2) is 6.92. The van der Waals surface area contributed by atoms with Crippen LogP contribution in [0.15, 0.2) is 12.1 Å². The Hall–Kier alpha value is -1.06.